The minimum atomic E-state index is -4.23. The van der Waals surface area contributed by atoms with E-state index in [0.29, 0.717) is 49.7 Å². The number of rotatable bonds is 38. The maximum Gasteiger partial charge on any atom is 0.407 e. The van der Waals surface area contributed by atoms with Crippen molar-refractivity contribution in [3.8, 4) is 11.5 Å². The average Bonchev–Trinajstić information content (AvgIpc) is 3.43. The molecule has 12 N–H and O–H groups in total. The third-order valence-electron chi connectivity index (χ3n) is 10.5. The van der Waals surface area contributed by atoms with E-state index in [1.807, 2.05) is 9.44 Å². The van der Waals surface area contributed by atoms with Crippen LogP contribution in [0.4, 0.5) is 9.59 Å². The Morgan fingerprint density at radius 2 is 0.873 bits per heavy atom. The number of amides is 4. The number of aliphatic imine (C=N–C) groups is 2. The Bertz CT molecular complexity index is 2360. The van der Waals surface area contributed by atoms with Crippen molar-refractivity contribution in [3.63, 3.8) is 0 Å². The van der Waals surface area contributed by atoms with Gasteiger partial charge in [0.15, 0.2) is 11.9 Å². The van der Waals surface area contributed by atoms with Gasteiger partial charge in [-0.25, -0.2) is 26.4 Å². The smallest absolute Gasteiger partial charge is 0.407 e. The number of nitrogens with zero attached hydrogens (tertiary/aromatic N) is 2. The molecule has 0 saturated carbocycles. The molecule has 440 valence electrons. The fourth-order valence-corrected chi connectivity index (χ4v) is 8.71. The molecule has 0 fully saturated rings. The third-order valence-corrected chi connectivity index (χ3v) is 13.2. The number of carboxylic acids is 2. The number of hydrogen-bond acceptors (Lipinski definition) is 23. The molecule has 4 rings (SSSR count). The van der Waals surface area contributed by atoms with Crippen molar-refractivity contribution in [2.45, 2.75) is 24.9 Å². The molecule has 31 nitrogen and oxygen atoms in total. The first-order valence-corrected chi connectivity index (χ1v) is 28.4. The Morgan fingerprint density at radius 3 is 1.22 bits per heavy atom. The van der Waals surface area contributed by atoms with Crippen molar-refractivity contribution in [2.75, 3.05) is 143 Å². The molecule has 4 amide bonds. The molecule has 2 heterocycles. The summed E-state index contributed by atoms with van der Waals surface area (Å²) in [5, 5.41) is 40.9. The van der Waals surface area contributed by atoms with Crippen LogP contribution in [0.1, 0.15) is 33.6 Å². The molecular formula is C46H70N12O19S2. The molecule has 2 aromatic carbocycles. The van der Waals surface area contributed by atoms with E-state index < -0.39 is 106 Å². The normalized spacial score (nSPS) is 14.0. The van der Waals surface area contributed by atoms with Crippen LogP contribution in [-0.2, 0) is 53.3 Å². The van der Waals surface area contributed by atoms with Gasteiger partial charge in [0.2, 0.25) is 20.0 Å². The Hall–Kier alpha value is -7.30. The number of sulfonamides is 2. The number of ether oxygens (including phenoxy) is 7. The van der Waals surface area contributed by atoms with Crippen molar-refractivity contribution in [2.24, 2.45) is 9.98 Å². The van der Waals surface area contributed by atoms with Crippen LogP contribution in [0.2, 0.25) is 0 Å². The second-order valence-corrected chi connectivity index (χ2v) is 20.4. The van der Waals surface area contributed by atoms with Crippen LogP contribution in [-0.4, -0.2) is 230 Å². The van der Waals surface area contributed by atoms with E-state index in [1.165, 1.54) is 24.3 Å². The number of benzene rings is 2. The van der Waals surface area contributed by atoms with Crippen LogP contribution in [0.15, 0.2) is 58.5 Å². The van der Waals surface area contributed by atoms with Gasteiger partial charge >= 0.3 is 24.1 Å². The second kappa shape index (κ2) is 36.0. The van der Waals surface area contributed by atoms with E-state index in [2.05, 4.69) is 52.5 Å². The first kappa shape index (κ1) is 64.2. The van der Waals surface area contributed by atoms with Gasteiger partial charge < -0.3 is 85.9 Å². The van der Waals surface area contributed by atoms with Gasteiger partial charge in [-0.3, -0.25) is 29.2 Å². The highest BCUT2D eigenvalue weighted by Gasteiger charge is 2.27. The van der Waals surface area contributed by atoms with Crippen molar-refractivity contribution in [1.29, 1.82) is 0 Å². The predicted octanol–water partition coefficient (Wildman–Crippen LogP) is -3.27. The highest BCUT2D eigenvalue weighted by atomic mass is 32.2. The number of carbonyl (C=O) groups is 6. The van der Waals surface area contributed by atoms with Gasteiger partial charge in [-0.05, 0) is 61.4 Å². The SMILES string of the molecule is O=C(NCCS(=O)(=O)N[C@@H](CNC(=O)c1ccc(OCCNC2=NCCCN2)cc1)C(=O)O)OCCOCCOCCOCCOC(=O)NCCS(=O)(=O)N[C@H](CNC(=O)c1ccc(OCCNC2=NCCCN2)cc1)C(=O)O. The van der Waals surface area contributed by atoms with Gasteiger partial charge in [0, 0.05) is 63.5 Å². The summed E-state index contributed by atoms with van der Waals surface area (Å²) in [6, 6.07) is 8.76. The zero-order valence-corrected chi connectivity index (χ0v) is 44.9. The van der Waals surface area contributed by atoms with Crippen molar-refractivity contribution in [1.82, 2.24) is 52.0 Å². The summed E-state index contributed by atoms with van der Waals surface area (Å²) < 4.78 is 91.3. The Balaban J connectivity index is 0.935. The number of alkyl carbamates (subject to hydrolysis) is 2. The van der Waals surface area contributed by atoms with Crippen molar-refractivity contribution in [3.05, 3.63) is 59.7 Å². The lowest BCUT2D eigenvalue weighted by Gasteiger charge is -2.16. The molecule has 2 aliphatic heterocycles. The Kier molecular flexibility index (Phi) is 29.3. The fourth-order valence-electron chi connectivity index (χ4n) is 6.49. The summed E-state index contributed by atoms with van der Waals surface area (Å²) in [4.78, 5) is 81.4. The first-order valence-electron chi connectivity index (χ1n) is 25.0. The molecule has 0 unspecified atom stereocenters. The standard InChI is InChI=1S/C46H70N12O19S2/c59-39(33-3-7-35(8-4-33)74-19-15-51-43-47-11-1-12-48-43)55-31-37(41(61)62)57-78(67,68)29-17-53-45(65)76-27-25-72-23-21-71-22-24-73-26-28-77-46(66)54-18-30-79(69,70)58-38(42(63)64)32-56-40(60)34-5-9-36(10-6-34)75-20-16-52-44-49-13-2-14-50-44/h3-10,37-38,57-58H,1-2,11-32H2,(H,53,65)(H,54,66)(H,55,59)(H,56,60)(H,61,62)(H,63,64)(H2,47,48,51)(H2,49,50,52)/t37-,38+. The molecule has 0 aromatic heterocycles. The van der Waals surface area contributed by atoms with Crippen molar-refractivity contribution < 1.29 is 89.0 Å². The summed E-state index contributed by atoms with van der Waals surface area (Å²) in [6.45, 7) is 3.04. The van der Waals surface area contributed by atoms with Crippen LogP contribution >= 0.6 is 0 Å². The minimum Gasteiger partial charge on any atom is -0.492 e. The van der Waals surface area contributed by atoms with Crippen LogP contribution in [0, 0.1) is 0 Å². The van der Waals surface area contributed by atoms with E-state index in [1.54, 1.807) is 24.3 Å². The highest BCUT2D eigenvalue weighted by molar-refractivity contribution is 7.89. The number of carbonyl (C=O) groups excluding carboxylic acids is 4. The fraction of sp³-hybridized carbons (Fsp3) is 0.565. The summed E-state index contributed by atoms with van der Waals surface area (Å²) in [5.74, 6) is -3.32. The van der Waals surface area contributed by atoms with Crippen LogP contribution in [0.25, 0.3) is 0 Å². The van der Waals surface area contributed by atoms with E-state index >= 15 is 0 Å². The number of guanidine groups is 2. The molecular weight excluding hydrogens is 1090 g/mol. The molecule has 2 aliphatic rings. The maximum atomic E-state index is 12.6. The largest absolute Gasteiger partial charge is 0.492 e. The molecule has 0 spiro atoms. The van der Waals surface area contributed by atoms with Gasteiger partial charge in [-0.15, -0.1) is 0 Å². The van der Waals surface area contributed by atoms with Gasteiger partial charge in [0.05, 0.1) is 64.2 Å². The summed E-state index contributed by atoms with van der Waals surface area (Å²) in [5.41, 5.74) is 0.378. The van der Waals surface area contributed by atoms with Gasteiger partial charge in [-0.2, -0.15) is 9.44 Å². The first-order chi connectivity index (χ1) is 38.0. The van der Waals surface area contributed by atoms with Gasteiger partial charge in [0.1, 0.15) is 50.0 Å². The highest BCUT2D eigenvalue weighted by Crippen LogP contribution is 2.13. The van der Waals surface area contributed by atoms with E-state index in [4.69, 9.17) is 33.2 Å². The molecule has 0 aliphatic carbocycles. The second-order valence-electron chi connectivity index (χ2n) is 16.7. The molecule has 0 bridgehead atoms. The molecule has 79 heavy (non-hydrogen) atoms. The lowest BCUT2D eigenvalue weighted by atomic mass is 10.2. The minimum absolute atomic E-state index is 0.0171. The number of aliphatic carboxylic acids is 2. The zero-order valence-electron chi connectivity index (χ0n) is 43.3. The predicted molar refractivity (Wildman–Crippen MR) is 282 cm³/mol. The third kappa shape index (κ3) is 28.2. The molecule has 33 heteroatoms. The topological polar surface area (TPSA) is 421 Å². The molecule has 2 aromatic rings. The van der Waals surface area contributed by atoms with Gasteiger partial charge in [-0.1, -0.05) is 0 Å². The average molecular weight is 1160 g/mol. The quantitative estimate of drug-likeness (QED) is 0.0294. The molecule has 2 atom stereocenters. The molecule has 0 radical (unpaired) electrons. The van der Waals surface area contributed by atoms with Crippen LogP contribution < -0.4 is 61.5 Å². The number of nitrogens with one attached hydrogen (secondary N) is 10. The lowest BCUT2D eigenvalue weighted by molar-refractivity contribution is -0.139. The Labute approximate surface area is 456 Å². The molecule has 0 saturated heterocycles. The summed E-state index contributed by atoms with van der Waals surface area (Å²) >= 11 is 0. The zero-order chi connectivity index (χ0) is 57.1. The monoisotopic (exact) mass is 1160 g/mol. The maximum absolute atomic E-state index is 12.6. The lowest BCUT2D eigenvalue weighted by Crippen LogP contribution is -2.49. The van der Waals surface area contributed by atoms with Crippen LogP contribution in [0.5, 0.6) is 11.5 Å². The Morgan fingerprint density at radius 1 is 0.506 bits per heavy atom. The van der Waals surface area contributed by atoms with Crippen LogP contribution in [0.3, 0.4) is 0 Å². The van der Waals surface area contributed by atoms with E-state index in [9.17, 15) is 55.8 Å². The number of hydrogen-bond donors (Lipinski definition) is 12. The summed E-state index contributed by atoms with van der Waals surface area (Å²) in [7, 11) is -8.46. The van der Waals surface area contributed by atoms with E-state index in [-0.39, 0.29) is 64.0 Å². The van der Waals surface area contributed by atoms with Crippen molar-refractivity contribution >= 4 is 67.9 Å². The summed E-state index contributed by atoms with van der Waals surface area (Å²) in [6.07, 6.45) is 0.0521. The van der Waals surface area contributed by atoms with E-state index in [0.717, 1.165) is 39.0 Å². The number of carboxylic acid groups (broad SMARTS) is 2. The van der Waals surface area contributed by atoms with Gasteiger partial charge in [0.25, 0.3) is 11.8 Å².